The molecular formula is C6H4ClIN2O9S3. The van der Waals surface area contributed by atoms with Crippen LogP contribution in [0, 0.1) is 8.96 Å². The summed E-state index contributed by atoms with van der Waals surface area (Å²) in [6.45, 7) is 0. The molecule has 1 aromatic carbocycles. The molecule has 11 nitrogen and oxygen atoms in total. The minimum atomic E-state index is -5.44. The Bertz CT molecular complexity index is 977. The lowest BCUT2D eigenvalue weighted by Gasteiger charge is -2.06. The number of diazo groups is 1. The molecule has 1 aromatic rings. The molecule has 0 amide bonds. The summed E-state index contributed by atoms with van der Waals surface area (Å²) in [6, 6.07) is 0.433. The van der Waals surface area contributed by atoms with E-state index in [1.165, 1.54) is 0 Å². The molecule has 0 atom stereocenters. The molecule has 124 valence electrons. The first-order chi connectivity index (χ1) is 9.21. The Labute approximate surface area is 144 Å². The van der Waals surface area contributed by atoms with Crippen molar-refractivity contribution in [2.24, 2.45) is 0 Å². The average Bonchev–Trinajstić information content (AvgIpc) is 2.23. The van der Waals surface area contributed by atoms with Crippen molar-refractivity contribution in [3.8, 4) is 0 Å². The summed E-state index contributed by atoms with van der Waals surface area (Å²) < 4.78 is 93.3. The topological polar surface area (TPSA) is 191 Å². The van der Waals surface area contributed by atoms with Gasteiger partial charge in [0.15, 0.2) is 9.87 Å². The number of halogens is 2. The van der Waals surface area contributed by atoms with Gasteiger partial charge in [0.2, 0.25) is 10.3 Å². The molecule has 0 saturated carbocycles. The molecule has 0 radical (unpaired) electrons. The van der Waals surface area contributed by atoms with Crippen molar-refractivity contribution in [1.82, 2.24) is 0 Å². The van der Waals surface area contributed by atoms with Gasteiger partial charge in [-0.2, -0.15) is 25.3 Å². The van der Waals surface area contributed by atoms with Gasteiger partial charge in [0, 0.05) is 3.57 Å². The molecule has 22 heavy (non-hydrogen) atoms. The van der Waals surface area contributed by atoms with Crippen LogP contribution >= 0.6 is 22.6 Å². The maximum Gasteiger partial charge on any atom is 0.428 e. The highest BCUT2D eigenvalue weighted by atomic mass is 127. The summed E-state index contributed by atoms with van der Waals surface area (Å²) in [6.07, 6.45) is 0. The third-order valence-electron chi connectivity index (χ3n) is 2.02. The highest BCUT2D eigenvalue weighted by Crippen LogP contribution is 2.39. The number of hydrogen-bond acceptors (Lipinski definition) is 7. The molecule has 0 heterocycles. The second kappa shape index (κ2) is 6.48. The van der Waals surface area contributed by atoms with Crippen LogP contribution in [-0.2, 0) is 30.4 Å². The highest BCUT2D eigenvalue weighted by molar-refractivity contribution is 14.1. The van der Waals surface area contributed by atoms with Gasteiger partial charge in [0.05, 0.1) is 0 Å². The van der Waals surface area contributed by atoms with Gasteiger partial charge in [0.1, 0.15) is 4.90 Å². The van der Waals surface area contributed by atoms with E-state index in [9.17, 15) is 25.3 Å². The lowest BCUT2D eigenvalue weighted by atomic mass is 10.3. The van der Waals surface area contributed by atoms with Gasteiger partial charge >= 0.3 is 25.9 Å². The molecule has 0 spiro atoms. The Morgan fingerprint density at radius 3 is 1.59 bits per heavy atom. The maximum atomic E-state index is 11.2. The monoisotopic (exact) mass is 506 g/mol. The van der Waals surface area contributed by atoms with Crippen molar-refractivity contribution in [2.75, 3.05) is 0 Å². The van der Waals surface area contributed by atoms with Gasteiger partial charge in [-0.05, 0) is 28.7 Å². The van der Waals surface area contributed by atoms with Crippen LogP contribution in [0.25, 0.3) is 4.98 Å². The van der Waals surface area contributed by atoms with Gasteiger partial charge in [0.25, 0.3) is 10.1 Å². The zero-order valence-corrected chi connectivity index (χ0v) is 15.1. The Morgan fingerprint density at radius 2 is 1.32 bits per heavy atom. The fourth-order valence-corrected chi connectivity index (χ4v) is 5.88. The van der Waals surface area contributed by atoms with Crippen molar-refractivity contribution < 1.29 is 51.3 Å². The molecule has 3 N–H and O–H groups in total. The second-order valence-corrected chi connectivity index (χ2v) is 8.66. The van der Waals surface area contributed by atoms with Crippen LogP contribution in [0.3, 0.4) is 0 Å². The number of benzene rings is 1. The van der Waals surface area contributed by atoms with E-state index in [1.54, 1.807) is 0 Å². The average molecular weight is 507 g/mol. The van der Waals surface area contributed by atoms with Crippen molar-refractivity contribution in [1.29, 1.82) is 5.39 Å². The Balaban J connectivity index is 0.00000441. The van der Waals surface area contributed by atoms with Crippen LogP contribution in [0.4, 0.5) is 5.69 Å². The fourth-order valence-electron chi connectivity index (χ4n) is 1.35. The molecule has 0 aliphatic rings. The van der Waals surface area contributed by atoms with Gasteiger partial charge < -0.3 is 12.4 Å². The van der Waals surface area contributed by atoms with Gasteiger partial charge in [-0.15, -0.1) is 0 Å². The number of hydrogen-bond donors (Lipinski definition) is 3. The molecule has 1 rings (SSSR count). The Kier molecular flexibility index (Phi) is 6.30. The van der Waals surface area contributed by atoms with E-state index in [1.807, 2.05) is 0 Å². The molecule has 0 saturated heterocycles. The van der Waals surface area contributed by atoms with E-state index < -0.39 is 54.3 Å². The summed E-state index contributed by atoms with van der Waals surface area (Å²) in [7, 11) is -15.8. The number of nitrogens with zero attached hydrogens (tertiary/aromatic N) is 2. The standard InChI is InChI=1S/C6H3IN2O9S3.ClH/c7-2-1-3(19(10,11)12)4(9-8)6(21(16,17)18)5(2)20(13,14)15;/h1H,(H2-,10,11,12,13,14,15,16,17,18);1H. The SMILES string of the molecule is N#[N+]c1c(S(=O)(=O)O)cc(I)c(S(=O)(=O)O)c1S(=O)(=O)O.[Cl-]. The summed E-state index contributed by atoms with van der Waals surface area (Å²) in [5, 5.41) is 8.70. The first-order valence-electron chi connectivity index (χ1n) is 4.35. The van der Waals surface area contributed by atoms with Crippen LogP contribution in [0.15, 0.2) is 20.8 Å². The molecule has 0 aromatic heterocycles. The molecule has 0 bridgehead atoms. The van der Waals surface area contributed by atoms with Crippen molar-refractivity contribution >= 4 is 58.6 Å². The minimum absolute atomic E-state index is 0. The lowest BCUT2D eigenvalue weighted by Crippen LogP contribution is -3.00. The molecule has 0 unspecified atom stereocenters. The predicted octanol–water partition coefficient (Wildman–Crippen LogP) is -2.48. The molecule has 0 aliphatic heterocycles. The first-order valence-corrected chi connectivity index (χ1v) is 9.75. The number of rotatable bonds is 3. The van der Waals surface area contributed by atoms with E-state index in [4.69, 9.17) is 19.1 Å². The van der Waals surface area contributed by atoms with Crippen LogP contribution in [0.5, 0.6) is 0 Å². The first kappa shape index (κ1) is 21.4. The zero-order chi connectivity index (χ0) is 16.8. The van der Waals surface area contributed by atoms with Crippen molar-refractivity contribution in [2.45, 2.75) is 14.7 Å². The summed E-state index contributed by atoms with van der Waals surface area (Å²) in [5.74, 6) is 0. The van der Waals surface area contributed by atoms with Crippen LogP contribution < -0.4 is 12.4 Å². The van der Waals surface area contributed by atoms with Crippen LogP contribution in [-0.4, -0.2) is 38.9 Å². The predicted molar refractivity (Wildman–Crippen MR) is 73.3 cm³/mol. The Morgan fingerprint density at radius 1 is 0.909 bits per heavy atom. The van der Waals surface area contributed by atoms with E-state index in [-0.39, 0.29) is 12.4 Å². The largest absolute Gasteiger partial charge is 1.00 e. The maximum absolute atomic E-state index is 11.2. The third kappa shape index (κ3) is 4.23. The van der Waals surface area contributed by atoms with E-state index in [0.29, 0.717) is 6.07 Å². The molecular weight excluding hydrogens is 503 g/mol. The summed E-state index contributed by atoms with van der Waals surface area (Å²) in [4.78, 5) is -2.11. The lowest BCUT2D eigenvalue weighted by molar-refractivity contribution is -0.0000166. The minimum Gasteiger partial charge on any atom is -1.00 e. The van der Waals surface area contributed by atoms with Gasteiger partial charge in [-0.25, -0.2) is 0 Å². The van der Waals surface area contributed by atoms with Crippen LogP contribution in [0.2, 0.25) is 0 Å². The fraction of sp³-hybridized carbons (Fsp3) is 0. The molecule has 16 heteroatoms. The smallest absolute Gasteiger partial charge is 0.428 e. The Hall–Kier alpha value is -0.610. The van der Waals surface area contributed by atoms with Crippen molar-refractivity contribution in [3.63, 3.8) is 0 Å². The van der Waals surface area contributed by atoms with Gasteiger partial charge in [-0.3, -0.25) is 13.7 Å². The van der Waals surface area contributed by atoms with E-state index in [0.717, 1.165) is 22.6 Å². The third-order valence-corrected chi connectivity index (χ3v) is 6.09. The summed E-state index contributed by atoms with van der Waals surface area (Å²) >= 11 is 1.14. The quantitative estimate of drug-likeness (QED) is 0.225. The van der Waals surface area contributed by atoms with Crippen LogP contribution in [0.1, 0.15) is 0 Å². The van der Waals surface area contributed by atoms with E-state index in [2.05, 4.69) is 4.98 Å². The van der Waals surface area contributed by atoms with E-state index >= 15 is 0 Å². The van der Waals surface area contributed by atoms with Gasteiger partial charge in [-0.1, -0.05) is 0 Å². The normalized spacial score (nSPS) is 12.3. The second-order valence-electron chi connectivity index (χ2n) is 3.39. The molecule has 0 aliphatic carbocycles. The zero-order valence-electron chi connectivity index (χ0n) is 9.74. The molecule has 0 fully saturated rings. The highest BCUT2D eigenvalue weighted by Gasteiger charge is 2.42. The van der Waals surface area contributed by atoms with Crippen molar-refractivity contribution in [3.05, 3.63) is 14.6 Å². The summed E-state index contributed by atoms with van der Waals surface area (Å²) in [5.41, 5.74) is -1.46.